The van der Waals surface area contributed by atoms with Crippen LogP contribution in [0.5, 0.6) is 0 Å². The molecule has 1 aromatic rings. The van der Waals surface area contributed by atoms with Gasteiger partial charge in [0.1, 0.15) is 0 Å². The van der Waals surface area contributed by atoms with E-state index in [1.807, 2.05) is 30.9 Å². The SMILES string of the molecule is Cc1ccc(S(=O)(=O)N2CCCC(N3CCCC3=O)C2)c(C)c1. The molecule has 23 heavy (non-hydrogen) atoms. The molecule has 3 rings (SSSR count). The molecule has 2 aliphatic rings. The second kappa shape index (κ2) is 6.24. The van der Waals surface area contributed by atoms with Gasteiger partial charge >= 0.3 is 0 Å². The standard InChI is InChI=1S/C17H24N2O3S/c1-13-7-8-16(14(2)11-13)23(21,22)18-9-3-5-15(12-18)19-10-4-6-17(19)20/h7-8,11,15H,3-6,9-10,12H2,1-2H3. The number of piperidine rings is 1. The predicted octanol–water partition coefficient (Wildman–Crippen LogP) is 2.08. The largest absolute Gasteiger partial charge is 0.338 e. The second-order valence-corrected chi connectivity index (χ2v) is 8.53. The van der Waals surface area contributed by atoms with Crippen molar-refractivity contribution in [2.24, 2.45) is 0 Å². The number of sulfonamides is 1. The van der Waals surface area contributed by atoms with Crippen LogP contribution in [-0.2, 0) is 14.8 Å². The summed E-state index contributed by atoms with van der Waals surface area (Å²) in [5, 5.41) is 0. The fourth-order valence-electron chi connectivity index (χ4n) is 3.68. The van der Waals surface area contributed by atoms with Gasteiger partial charge in [-0.05, 0) is 44.7 Å². The first-order valence-electron chi connectivity index (χ1n) is 8.26. The van der Waals surface area contributed by atoms with E-state index in [9.17, 15) is 13.2 Å². The molecule has 5 nitrogen and oxygen atoms in total. The normalized spacial score (nSPS) is 23.5. The van der Waals surface area contributed by atoms with E-state index in [2.05, 4.69) is 0 Å². The molecule has 1 amide bonds. The fourth-order valence-corrected chi connectivity index (χ4v) is 5.40. The molecule has 2 heterocycles. The molecule has 0 N–H and O–H groups in total. The highest BCUT2D eigenvalue weighted by Gasteiger charge is 2.36. The minimum Gasteiger partial charge on any atom is -0.338 e. The lowest BCUT2D eigenvalue weighted by molar-refractivity contribution is -0.130. The van der Waals surface area contributed by atoms with E-state index in [0.717, 1.165) is 36.9 Å². The van der Waals surface area contributed by atoms with Crippen molar-refractivity contribution >= 4 is 15.9 Å². The van der Waals surface area contributed by atoms with Gasteiger partial charge in [0.15, 0.2) is 0 Å². The molecular formula is C17H24N2O3S. The average Bonchev–Trinajstić information content (AvgIpc) is 2.93. The summed E-state index contributed by atoms with van der Waals surface area (Å²) in [7, 11) is -3.49. The first-order valence-corrected chi connectivity index (χ1v) is 9.70. The number of amides is 1. The van der Waals surface area contributed by atoms with Gasteiger partial charge in [-0.15, -0.1) is 0 Å². The number of rotatable bonds is 3. The zero-order chi connectivity index (χ0) is 16.6. The van der Waals surface area contributed by atoms with Crippen LogP contribution in [-0.4, -0.2) is 49.2 Å². The third kappa shape index (κ3) is 3.15. The van der Waals surface area contributed by atoms with Crippen LogP contribution in [0.25, 0.3) is 0 Å². The van der Waals surface area contributed by atoms with Crippen LogP contribution in [0.3, 0.4) is 0 Å². The summed E-state index contributed by atoms with van der Waals surface area (Å²) in [6.07, 6.45) is 3.18. The molecule has 2 aliphatic heterocycles. The zero-order valence-electron chi connectivity index (χ0n) is 13.8. The topological polar surface area (TPSA) is 57.7 Å². The van der Waals surface area contributed by atoms with Gasteiger partial charge in [-0.2, -0.15) is 4.31 Å². The van der Waals surface area contributed by atoms with Gasteiger partial charge in [-0.25, -0.2) is 8.42 Å². The zero-order valence-corrected chi connectivity index (χ0v) is 14.6. The Balaban J connectivity index is 1.83. The first kappa shape index (κ1) is 16.5. The maximum atomic E-state index is 13.0. The summed E-state index contributed by atoms with van der Waals surface area (Å²) in [6, 6.07) is 5.47. The van der Waals surface area contributed by atoms with E-state index < -0.39 is 10.0 Å². The van der Waals surface area contributed by atoms with Crippen molar-refractivity contribution in [3.63, 3.8) is 0 Å². The number of likely N-dealkylation sites (tertiary alicyclic amines) is 1. The third-order valence-corrected chi connectivity index (χ3v) is 6.88. The summed E-state index contributed by atoms with van der Waals surface area (Å²) < 4.78 is 27.5. The van der Waals surface area contributed by atoms with Gasteiger partial charge in [-0.1, -0.05) is 17.7 Å². The lowest BCUT2D eigenvalue weighted by atomic mass is 10.1. The highest BCUT2D eigenvalue weighted by Crippen LogP contribution is 2.27. The van der Waals surface area contributed by atoms with Gasteiger partial charge in [0.25, 0.3) is 0 Å². The number of hydrogen-bond acceptors (Lipinski definition) is 3. The lowest BCUT2D eigenvalue weighted by Crippen LogP contribution is -2.50. The van der Waals surface area contributed by atoms with Crippen molar-refractivity contribution < 1.29 is 13.2 Å². The van der Waals surface area contributed by atoms with Gasteiger partial charge in [-0.3, -0.25) is 4.79 Å². The van der Waals surface area contributed by atoms with Gasteiger partial charge in [0.05, 0.1) is 4.90 Å². The van der Waals surface area contributed by atoms with Crippen molar-refractivity contribution in [2.45, 2.75) is 50.5 Å². The highest BCUT2D eigenvalue weighted by molar-refractivity contribution is 7.89. The Morgan fingerprint density at radius 1 is 1.13 bits per heavy atom. The summed E-state index contributed by atoms with van der Waals surface area (Å²) in [6.45, 7) is 5.52. The van der Waals surface area contributed by atoms with Crippen molar-refractivity contribution in [3.05, 3.63) is 29.3 Å². The Labute approximate surface area is 138 Å². The van der Waals surface area contributed by atoms with Crippen molar-refractivity contribution in [3.8, 4) is 0 Å². The molecule has 0 spiro atoms. The van der Waals surface area contributed by atoms with E-state index in [0.29, 0.717) is 24.4 Å². The fraction of sp³-hybridized carbons (Fsp3) is 0.588. The van der Waals surface area contributed by atoms with Crippen LogP contribution in [0.2, 0.25) is 0 Å². The Kier molecular flexibility index (Phi) is 4.47. The molecule has 0 bridgehead atoms. The monoisotopic (exact) mass is 336 g/mol. The second-order valence-electron chi connectivity index (χ2n) is 6.62. The molecule has 1 aromatic carbocycles. The lowest BCUT2D eigenvalue weighted by Gasteiger charge is -2.37. The van der Waals surface area contributed by atoms with Crippen LogP contribution in [0, 0.1) is 13.8 Å². The van der Waals surface area contributed by atoms with Gasteiger partial charge < -0.3 is 4.90 Å². The highest BCUT2D eigenvalue weighted by atomic mass is 32.2. The minimum atomic E-state index is -3.49. The average molecular weight is 336 g/mol. The molecule has 126 valence electrons. The van der Waals surface area contributed by atoms with Crippen molar-refractivity contribution in [1.82, 2.24) is 9.21 Å². The van der Waals surface area contributed by atoms with Crippen LogP contribution in [0.4, 0.5) is 0 Å². The van der Waals surface area contributed by atoms with Crippen LogP contribution in [0.15, 0.2) is 23.1 Å². The molecule has 0 aliphatic carbocycles. The summed E-state index contributed by atoms with van der Waals surface area (Å²) >= 11 is 0. The molecule has 0 saturated carbocycles. The molecular weight excluding hydrogens is 312 g/mol. The molecule has 2 fully saturated rings. The van der Waals surface area contributed by atoms with Crippen molar-refractivity contribution in [1.29, 1.82) is 0 Å². The maximum absolute atomic E-state index is 13.0. The van der Waals surface area contributed by atoms with Crippen LogP contribution < -0.4 is 0 Å². The van der Waals surface area contributed by atoms with E-state index in [-0.39, 0.29) is 11.9 Å². The van der Waals surface area contributed by atoms with Gasteiger partial charge in [0, 0.05) is 32.1 Å². The smallest absolute Gasteiger partial charge is 0.243 e. The quantitative estimate of drug-likeness (QED) is 0.849. The maximum Gasteiger partial charge on any atom is 0.243 e. The molecule has 0 radical (unpaired) electrons. The Morgan fingerprint density at radius 2 is 1.91 bits per heavy atom. The number of benzene rings is 1. The van der Waals surface area contributed by atoms with Crippen LogP contribution >= 0.6 is 0 Å². The molecule has 0 aromatic heterocycles. The number of hydrogen-bond donors (Lipinski definition) is 0. The number of aryl methyl sites for hydroxylation is 2. The van der Waals surface area contributed by atoms with E-state index in [4.69, 9.17) is 0 Å². The molecule has 1 atom stereocenters. The summed E-state index contributed by atoms with van der Waals surface area (Å²) in [5.41, 5.74) is 1.84. The Hall–Kier alpha value is -1.40. The first-order chi connectivity index (χ1) is 10.9. The summed E-state index contributed by atoms with van der Waals surface area (Å²) in [5.74, 6) is 0.167. The number of carbonyl (C=O) groups is 1. The van der Waals surface area contributed by atoms with Gasteiger partial charge in [0.2, 0.25) is 15.9 Å². The number of nitrogens with zero attached hydrogens (tertiary/aromatic N) is 2. The summed E-state index contributed by atoms with van der Waals surface area (Å²) in [4.78, 5) is 14.2. The van der Waals surface area contributed by atoms with E-state index in [1.54, 1.807) is 10.4 Å². The predicted molar refractivity (Wildman–Crippen MR) is 88.6 cm³/mol. The number of carbonyl (C=O) groups excluding carboxylic acids is 1. The Morgan fingerprint density at radius 3 is 2.57 bits per heavy atom. The van der Waals surface area contributed by atoms with Crippen molar-refractivity contribution in [2.75, 3.05) is 19.6 Å². The molecule has 1 unspecified atom stereocenters. The van der Waals surface area contributed by atoms with Crippen LogP contribution in [0.1, 0.15) is 36.8 Å². The van der Waals surface area contributed by atoms with E-state index >= 15 is 0 Å². The minimum absolute atomic E-state index is 0.0271. The molecule has 6 heteroatoms. The molecule has 2 saturated heterocycles. The van der Waals surface area contributed by atoms with E-state index in [1.165, 1.54) is 0 Å². The Bertz CT molecular complexity index is 715. The third-order valence-electron chi connectivity index (χ3n) is 4.86.